The standard InChI is InChI=1S/C39H42N4O5/c1-42(2)31-11-6-10-30-35-34(26-8-4-3-5-9-26)29-18-15-27(24-32(29)43(35)22-23-48-36(30)31)37(46)41-39(20-7-21-39)38(47)40-28-16-12-25(13-17-28)14-19-33(44)45/h6,10-19,24,26H,3-5,7-9,20-23H2,1-2H3,(H,40,47)(H,41,46)(H,44,45)/b19-14+. The van der Waals surface area contributed by atoms with Gasteiger partial charge in [-0.25, -0.2) is 4.79 Å². The minimum Gasteiger partial charge on any atom is -0.489 e. The maximum absolute atomic E-state index is 13.9. The van der Waals surface area contributed by atoms with E-state index < -0.39 is 11.5 Å². The van der Waals surface area contributed by atoms with Gasteiger partial charge in [-0.05, 0) is 91.6 Å². The summed E-state index contributed by atoms with van der Waals surface area (Å²) in [7, 11) is 4.08. The average molecular weight is 647 g/mol. The number of carboxylic acid groups (broad SMARTS) is 1. The van der Waals surface area contributed by atoms with Crippen molar-refractivity contribution in [1.29, 1.82) is 0 Å². The monoisotopic (exact) mass is 646 g/mol. The number of nitrogens with one attached hydrogen (secondary N) is 2. The molecule has 2 saturated carbocycles. The zero-order chi connectivity index (χ0) is 33.4. The van der Waals surface area contributed by atoms with Gasteiger partial charge in [0.1, 0.15) is 12.1 Å². The summed E-state index contributed by atoms with van der Waals surface area (Å²) in [6.07, 6.45) is 10.5. The molecule has 3 aliphatic rings. The van der Waals surface area contributed by atoms with E-state index in [9.17, 15) is 14.4 Å². The first-order chi connectivity index (χ1) is 23.2. The van der Waals surface area contributed by atoms with Crippen LogP contribution in [-0.2, 0) is 16.1 Å². The first-order valence-electron chi connectivity index (χ1n) is 17.0. The maximum Gasteiger partial charge on any atom is 0.328 e. The highest BCUT2D eigenvalue weighted by Gasteiger charge is 2.45. The lowest BCUT2D eigenvalue weighted by Crippen LogP contribution is -2.61. The van der Waals surface area contributed by atoms with Crippen molar-refractivity contribution in [2.45, 2.75) is 69.4 Å². The number of nitrogens with zero attached hydrogens (tertiary/aromatic N) is 2. The van der Waals surface area contributed by atoms with Crippen molar-refractivity contribution in [2.75, 3.05) is 30.9 Å². The molecule has 2 amide bonds. The molecule has 3 N–H and O–H groups in total. The van der Waals surface area contributed by atoms with Crippen molar-refractivity contribution in [3.63, 3.8) is 0 Å². The molecule has 2 heterocycles. The van der Waals surface area contributed by atoms with Crippen LogP contribution in [0.15, 0.2) is 66.7 Å². The lowest BCUT2D eigenvalue weighted by Gasteiger charge is -2.40. The van der Waals surface area contributed by atoms with Crippen LogP contribution in [0.5, 0.6) is 5.75 Å². The van der Waals surface area contributed by atoms with Crippen LogP contribution >= 0.6 is 0 Å². The number of anilines is 2. The number of carbonyl (C=O) groups excluding carboxylic acids is 2. The predicted molar refractivity (Wildman–Crippen MR) is 189 cm³/mol. The van der Waals surface area contributed by atoms with Gasteiger partial charge in [-0.1, -0.05) is 43.5 Å². The summed E-state index contributed by atoms with van der Waals surface area (Å²) in [5, 5.41) is 16.1. The number of carboxylic acids is 1. The van der Waals surface area contributed by atoms with Crippen LogP contribution in [0, 0.1) is 0 Å². The fourth-order valence-corrected chi connectivity index (χ4v) is 7.62. The summed E-state index contributed by atoms with van der Waals surface area (Å²) in [6.45, 7) is 1.19. The number of carbonyl (C=O) groups is 3. The van der Waals surface area contributed by atoms with E-state index in [1.165, 1.54) is 42.0 Å². The van der Waals surface area contributed by atoms with Gasteiger partial charge in [0.05, 0.1) is 17.9 Å². The maximum atomic E-state index is 13.9. The van der Waals surface area contributed by atoms with Gasteiger partial charge in [-0.3, -0.25) is 9.59 Å². The number of benzene rings is 3. The van der Waals surface area contributed by atoms with E-state index in [1.54, 1.807) is 24.3 Å². The van der Waals surface area contributed by atoms with Crippen molar-refractivity contribution < 1.29 is 24.2 Å². The second-order valence-corrected chi connectivity index (χ2v) is 13.5. The van der Waals surface area contributed by atoms with Gasteiger partial charge < -0.3 is 29.9 Å². The minimum absolute atomic E-state index is 0.251. The number of fused-ring (bicyclic) bond motifs is 5. The SMILES string of the molecule is CN(C)c1cccc2c1OCCn1c-2c(C2CCCCC2)c2ccc(C(=O)NC3(C(=O)Nc4ccc(/C=C/C(=O)O)cc4)CCC3)cc21. The van der Waals surface area contributed by atoms with Crippen LogP contribution < -0.4 is 20.3 Å². The molecule has 9 nitrogen and oxygen atoms in total. The Morgan fingerprint density at radius 2 is 1.75 bits per heavy atom. The molecular formula is C39H42N4O5. The lowest BCUT2D eigenvalue weighted by molar-refractivity contribution is -0.131. The molecule has 9 heteroatoms. The molecule has 4 aromatic rings. The second-order valence-electron chi connectivity index (χ2n) is 13.5. The van der Waals surface area contributed by atoms with Gasteiger partial charge in [0, 0.05) is 47.9 Å². The molecule has 0 bridgehead atoms. The number of rotatable bonds is 8. The normalized spacial score (nSPS) is 17.0. The summed E-state index contributed by atoms with van der Waals surface area (Å²) >= 11 is 0. The van der Waals surface area contributed by atoms with E-state index in [1.807, 2.05) is 26.2 Å². The largest absolute Gasteiger partial charge is 0.489 e. The van der Waals surface area contributed by atoms with Gasteiger partial charge in [0.2, 0.25) is 5.91 Å². The van der Waals surface area contributed by atoms with Crippen molar-refractivity contribution >= 4 is 46.1 Å². The van der Waals surface area contributed by atoms with Gasteiger partial charge in [-0.2, -0.15) is 0 Å². The molecule has 0 spiro atoms. The number of aromatic nitrogens is 1. The van der Waals surface area contributed by atoms with Crippen LogP contribution in [0.1, 0.15) is 78.8 Å². The van der Waals surface area contributed by atoms with E-state index in [0.29, 0.717) is 48.7 Å². The van der Waals surface area contributed by atoms with E-state index in [0.717, 1.165) is 47.9 Å². The zero-order valence-electron chi connectivity index (χ0n) is 27.6. The highest BCUT2D eigenvalue weighted by molar-refractivity contribution is 6.06. The summed E-state index contributed by atoms with van der Waals surface area (Å²) in [4.78, 5) is 40.4. The third-order valence-corrected chi connectivity index (χ3v) is 10.3. The van der Waals surface area contributed by atoms with Crippen LogP contribution in [0.25, 0.3) is 28.2 Å². The molecular weight excluding hydrogens is 604 g/mol. The Kier molecular flexibility index (Phi) is 8.45. The fourth-order valence-electron chi connectivity index (χ4n) is 7.62. The molecule has 248 valence electrons. The van der Waals surface area contributed by atoms with Gasteiger partial charge in [0.25, 0.3) is 5.91 Å². The Labute approximate surface area is 280 Å². The minimum atomic E-state index is -1.02. The van der Waals surface area contributed by atoms with E-state index in [2.05, 4.69) is 44.4 Å². The Bertz CT molecular complexity index is 1910. The quantitative estimate of drug-likeness (QED) is 0.175. The zero-order valence-corrected chi connectivity index (χ0v) is 27.6. The van der Waals surface area contributed by atoms with Crippen LogP contribution in [0.2, 0.25) is 0 Å². The van der Waals surface area contributed by atoms with Crippen LogP contribution in [0.4, 0.5) is 11.4 Å². The summed E-state index contributed by atoms with van der Waals surface area (Å²) in [5.74, 6) is -0.197. The highest BCUT2D eigenvalue weighted by Crippen LogP contribution is 2.49. The summed E-state index contributed by atoms with van der Waals surface area (Å²) in [5.41, 5.74) is 6.55. The predicted octanol–water partition coefficient (Wildman–Crippen LogP) is 7.20. The Morgan fingerprint density at radius 1 is 0.979 bits per heavy atom. The second kappa shape index (κ2) is 12.9. The Morgan fingerprint density at radius 3 is 2.44 bits per heavy atom. The van der Waals surface area contributed by atoms with Crippen molar-refractivity contribution in [1.82, 2.24) is 9.88 Å². The Hall–Kier alpha value is -5.05. The molecule has 48 heavy (non-hydrogen) atoms. The van der Waals surface area contributed by atoms with Gasteiger partial charge in [-0.15, -0.1) is 0 Å². The molecule has 0 atom stereocenters. The smallest absolute Gasteiger partial charge is 0.328 e. The molecule has 3 aromatic carbocycles. The number of aliphatic carboxylic acids is 1. The van der Waals surface area contributed by atoms with E-state index in [4.69, 9.17) is 9.84 Å². The number of para-hydroxylation sites is 1. The van der Waals surface area contributed by atoms with Crippen molar-refractivity contribution in [3.8, 4) is 17.0 Å². The molecule has 7 rings (SSSR count). The molecule has 1 aliphatic heterocycles. The molecule has 0 radical (unpaired) electrons. The topological polar surface area (TPSA) is 113 Å². The van der Waals surface area contributed by atoms with Crippen LogP contribution in [-0.4, -0.2) is 53.7 Å². The fraction of sp³-hybridized carbons (Fsp3) is 0.359. The van der Waals surface area contributed by atoms with Crippen molar-refractivity contribution in [3.05, 3.63) is 83.4 Å². The number of amides is 2. The molecule has 2 aliphatic carbocycles. The number of ether oxygens (including phenoxy) is 1. The molecule has 1 aromatic heterocycles. The number of hydrogen-bond acceptors (Lipinski definition) is 5. The molecule has 0 saturated heterocycles. The third-order valence-electron chi connectivity index (χ3n) is 10.3. The molecule has 2 fully saturated rings. The van der Waals surface area contributed by atoms with E-state index >= 15 is 0 Å². The summed E-state index contributed by atoms with van der Waals surface area (Å²) < 4.78 is 8.78. The number of hydrogen-bond donors (Lipinski definition) is 3. The first kappa shape index (κ1) is 31.5. The lowest BCUT2D eigenvalue weighted by atomic mass is 9.75. The summed E-state index contributed by atoms with van der Waals surface area (Å²) in [6, 6.07) is 19.3. The van der Waals surface area contributed by atoms with Crippen LogP contribution in [0.3, 0.4) is 0 Å². The average Bonchev–Trinajstić information content (AvgIpc) is 3.26. The Balaban J connectivity index is 1.21. The first-order valence-corrected chi connectivity index (χ1v) is 17.0. The van der Waals surface area contributed by atoms with Gasteiger partial charge in [0.15, 0.2) is 5.75 Å². The molecule has 0 unspecified atom stereocenters. The third kappa shape index (κ3) is 5.82. The van der Waals surface area contributed by atoms with Gasteiger partial charge >= 0.3 is 5.97 Å². The highest BCUT2D eigenvalue weighted by atomic mass is 16.5. The van der Waals surface area contributed by atoms with Crippen molar-refractivity contribution in [2.24, 2.45) is 0 Å². The van der Waals surface area contributed by atoms with E-state index in [-0.39, 0.29) is 11.8 Å².